The Morgan fingerprint density at radius 1 is 1.22 bits per heavy atom. The van der Waals surface area contributed by atoms with Crippen molar-refractivity contribution in [1.29, 1.82) is 0 Å². The number of amidine groups is 1. The van der Waals surface area contributed by atoms with Crippen molar-refractivity contribution in [3.8, 4) is 0 Å². The molecule has 0 N–H and O–H groups in total. The fourth-order valence-corrected chi connectivity index (χ4v) is 3.24. The van der Waals surface area contributed by atoms with Gasteiger partial charge >= 0.3 is 0 Å². The van der Waals surface area contributed by atoms with Crippen molar-refractivity contribution in [3.63, 3.8) is 0 Å². The summed E-state index contributed by atoms with van der Waals surface area (Å²) in [5.74, 6) is 0.0392. The quantitative estimate of drug-likeness (QED) is 0.774. The molecule has 0 bridgehead atoms. The van der Waals surface area contributed by atoms with Gasteiger partial charge in [-0.25, -0.2) is 0 Å². The molecule has 0 aromatic heterocycles. The molecule has 0 radical (unpaired) electrons. The minimum absolute atomic E-state index is 0.0392. The number of carbonyl (C=O) groups is 1. The molecule has 1 aliphatic heterocycles. The molecule has 0 unspecified atom stereocenters. The summed E-state index contributed by atoms with van der Waals surface area (Å²) < 4.78 is 0. The van der Waals surface area contributed by atoms with Crippen LogP contribution in [0.5, 0.6) is 0 Å². The summed E-state index contributed by atoms with van der Waals surface area (Å²) in [6.45, 7) is 5.28. The monoisotopic (exact) mass is 329 g/mol. The smallest absolute Gasteiger partial charge is 0.266 e. The van der Waals surface area contributed by atoms with Gasteiger partial charge in [0.2, 0.25) is 0 Å². The van der Waals surface area contributed by atoms with Crippen LogP contribution < -0.4 is 4.90 Å². The molecule has 0 atom stereocenters. The van der Waals surface area contributed by atoms with Crippen molar-refractivity contribution in [3.05, 3.63) is 46.9 Å². The number of likely N-dealkylation sites (N-methyl/N-ethyl adjacent to an activating group) is 1. The maximum Gasteiger partial charge on any atom is 0.266 e. The van der Waals surface area contributed by atoms with E-state index in [4.69, 9.17) is 0 Å². The molecule has 0 aliphatic carbocycles. The second-order valence-electron chi connectivity index (χ2n) is 5.28. The van der Waals surface area contributed by atoms with E-state index in [9.17, 15) is 4.79 Å². The van der Waals surface area contributed by atoms with Crippen LogP contribution in [0.2, 0.25) is 0 Å². The van der Waals surface area contributed by atoms with Crippen LogP contribution in [0, 0.1) is 0 Å². The van der Waals surface area contributed by atoms with E-state index >= 15 is 0 Å². The number of aliphatic imine (C=N–C) groups is 1. The average molecular weight is 329 g/mol. The van der Waals surface area contributed by atoms with E-state index in [1.54, 1.807) is 4.90 Å². The lowest BCUT2D eigenvalue weighted by molar-refractivity contribution is -0.122. The standard InChI is InChI=1S/C18H23N3OS/c1-5-19-18-21(6-2)17(22)16(23-18)9-7-8-14-10-12-15(13-11-14)20(3)4/h7-13H,5-6H2,1-4H3/b8-7+,16-9+,19-18?. The summed E-state index contributed by atoms with van der Waals surface area (Å²) in [7, 11) is 4.04. The van der Waals surface area contributed by atoms with Gasteiger partial charge in [0, 0.05) is 32.9 Å². The maximum atomic E-state index is 12.3. The number of allylic oxidation sites excluding steroid dienone is 2. The van der Waals surface area contributed by atoms with Crippen LogP contribution in [-0.4, -0.2) is 43.2 Å². The van der Waals surface area contributed by atoms with E-state index in [2.05, 4.69) is 34.2 Å². The van der Waals surface area contributed by atoms with Gasteiger partial charge in [-0.05, 0) is 49.4 Å². The summed E-state index contributed by atoms with van der Waals surface area (Å²) in [5, 5.41) is 0.801. The minimum Gasteiger partial charge on any atom is -0.378 e. The topological polar surface area (TPSA) is 35.9 Å². The number of hydrogen-bond acceptors (Lipinski definition) is 4. The fraction of sp³-hybridized carbons (Fsp3) is 0.333. The summed E-state index contributed by atoms with van der Waals surface area (Å²) in [5.41, 5.74) is 2.28. The maximum absolute atomic E-state index is 12.3. The van der Waals surface area contributed by atoms with E-state index in [0.29, 0.717) is 13.1 Å². The van der Waals surface area contributed by atoms with Crippen molar-refractivity contribution < 1.29 is 4.79 Å². The van der Waals surface area contributed by atoms with E-state index in [1.165, 1.54) is 17.4 Å². The largest absolute Gasteiger partial charge is 0.378 e. The Labute approximate surface area is 142 Å². The second-order valence-corrected chi connectivity index (χ2v) is 6.29. The molecule has 5 heteroatoms. The van der Waals surface area contributed by atoms with Gasteiger partial charge in [-0.15, -0.1) is 0 Å². The number of hydrogen-bond donors (Lipinski definition) is 0. The average Bonchev–Trinajstić information content (AvgIpc) is 2.83. The summed E-state index contributed by atoms with van der Waals surface area (Å²) in [6, 6.07) is 8.28. The molecule has 0 spiro atoms. The zero-order valence-electron chi connectivity index (χ0n) is 14.1. The molecule has 1 fully saturated rings. The van der Waals surface area contributed by atoms with Gasteiger partial charge < -0.3 is 4.90 Å². The van der Waals surface area contributed by atoms with Gasteiger partial charge in [-0.1, -0.05) is 24.3 Å². The third-order valence-electron chi connectivity index (χ3n) is 3.44. The Kier molecular flexibility index (Phi) is 6.04. The molecule has 0 saturated carbocycles. The molecule has 23 heavy (non-hydrogen) atoms. The summed E-state index contributed by atoms with van der Waals surface area (Å²) in [4.78, 5) is 21.2. The van der Waals surface area contributed by atoms with Gasteiger partial charge in [0.1, 0.15) is 0 Å². The molecule has 1 saturated heterocycles. The van der Waals surface area contributed by atoms with Crippen LogP contribution in [0.1, 0.15) is 19.4 Å². The van der Waals surface area contributed by atoms with E-state index < -0.39 is 0 Å². The number of benzene rings is 1. The first-order valence-electron chi connectivity index (χ1n) is 7.76. The predicted molar refractivity (Wildman–Crippen MR) is 101 cm³/mol. The van der Waals surface area contributed by atoms with Crippen LogP contribution >= 0.6 is 11.8 Å². The zero-order valence-corrected chi connectivity index (χ0v) is 14.9. The van der Waals surface area contributed by atoms with Crippen LogP contribution in [-0.2, 0) is 4.79 Å². The highest BCUT2D eigenvalue weighted by molar-refractivity contribution is 8.18. The second kappa shape index (κ2) is 8.02. The van der Waals surface area contributed by atoms with Crippen LogP contribution in [0.25, 0.3) is 6.08 Å². The molecule has 4 nitrogen and oxygen atoms in total. The van der Waals surface area contributed by atoms with Gasteiger partial charge in [-0.2, -0.15) is 0 Å². The molecule has 1 aromatic carbocycles. The molecule has 1 heterocycles. The molecule has 1 amide bonds. The Morgan fingerprint density at radius 2 is 1.91 bits per heavy atom. The highest BCUT2D eigenvalue weighted by Crippen LogP contribution is 2.30. The Morgan fingerprint density at radius 3 is 2.48 bits per heavy atom. The molecule has 122 valence electrons. The Hall–Kier alpha value is -2.01. The van der Waals surface area contributed by atoms with E-state index in [-0.39, 0.29) is 5.91 Å². The van der Waals surface area contributed by atoms with E-state index in [1.807, 2.05) is 46.2 Å². The molecule has 1 aromatic rings. The van der Waals surface area contributed by atoms with Crippen LogP contribution in [0.3, 0.4) is 0 Å². The van der Waals surface area contributed by atoms with Crippen molar-refractivity contribution in [2.75, 3.05) is 32.1 Å². The molecule has 2 rings (SSSR count). The third kappa shape index (κ3) is 4.26. The van der Waals surface area contributed by atoms with Crippen molar-refractivity contribution in [1.82, 2.24) is 4.90 Å². The Bertz CT molecular complexity index is 645. The van der Waals surface area contributed by atoms with Gasteiger partial charge in [0.25, 0.3) is 5.91 Å². The highest BCUT2D eigenvalue weighted by Gasteiger charge is 2.31. The minimum atomic E-state index is 0.0392. The lowest BCUT2D eigenvalue weighted by Gasteiger charge is -2.11. The first-order valence-corrected chi connectivity index (χ1v) is 8.58. The number of anilines is 1. The highest BCUT2D eigenvalue weighted by atomic mass is 32.2. The predicted octanol–water partition coefficient (Wildman–Crippen LogP) is 3.62. The van der Waals surface area contributed by atoms with Crippen molar-refractivity contribution in [2.24, 2.45) is 4.99 Å². The summed E-state index contributed by atoms with van der Waals surface area (Å²) in [6.07, 6.45) is 5.80. The van der Waals surface area contributed by atoms with Gasteiger partial charge in [-0.3, -0.25) is 14.7 Å². The first kappa shape index (κ1) is 17.3. The number of amides is 1. The molecule has 1 aliphatic rings. The number of thioether (sulfide) groups is 1. The third-order valence-corrected chi connectivity index (χ3v) is 4.51. The molecular formula is C18H23N3OS. The number of nitrogens with zero attached hydrogens (tertiary/aromatic N) is 3. The van der Waals surface area contributed by atoms with Crippen LogP contribution in [0.4, 0.5) is 5.69 Å². The van der Waals surface area contributed by atoms with Crippen molar-refractivity contribution >= 4 is 34.6 Å². The summed E-state index contributed by atoms with van der Waals surface area (Å²) >= 11 is 1.45. The first-order chi connectivity index (χ1) is 11.1. The molecular weight excluding hydrogens is 306 g/mol. The van der Waals surface area contributed by atoms with E-state index in [0.717, 1.165) is 15.6 Å². The van der Waals surface area contributed by atoms with Crippen LogP contribution in [0.15, 0.2) is 46.3 Å². The van der Waals surface area contributed by atoms with Crippen molar-refractivity contribution in [2.45, 2.75) is 13.8 Å². The normalized spacial score (nSPS) is 18.6. The van der Waals surface area contributed by atoms with Gasteiger partial charge in [0.05, 0.1) is 4.91 Å². The lowest BCUT2D eigenvalue weighted by atomic mass is 10.2. The lowest BCUT2D eigenvalue weighted by Crippen LogP contribution is -2.28. The zero-order chi connectivity index (χ0) is 16.8. The number of rotatable bonds is 5. The SMILES string of the molecule is CCN=C1S/C(=C/C=C/c2ccc(N(C)C)cc2)C(=O)N1CC. The Balaban J connectivity index is 2.10. The number of carbonyl (C=O) groups excluding carboxylic acids is 1. The van der Waals surface area contributed by atoms with Gasteiger partial charge in [0.15, 0.2) is 5.17 Å². The fourth-order valence-electron chi connectivity index (χ4n) is 2.18.